The van der Waals surface area contributed by atoms with Crippen LogP contribution in [0.3, 0.4) is 0 Å². The molecule has 3 heterocycles. The standard InChI is InChI=1S/C12H18N4S2/c1-9-8-15(3-5-17-9)11-10(7-13-2)16-4-6-18-12(16)14-11/h4,6,9,13H,3,5,7-8H2,1-2H3. The van der Waals surface area contributed by atoms with Crippen molar-refractivity contribution in [3.63, 3.8) is 0 Å². The van der Waals surface area contributed by atoms with Gasteiger partial charge in [-0.2, -0.15) is 11.8 Å². The third-order valence-corrected chi connectivity index (χ3v) is 5.12. The Kier molecular flexibility index (Phi) is 3.50. The van der Waals surface area contributed by atoms with Crippen molar-refractivity contribution < 1.29 is 0 Å². The summed E-state index contributed by atoms with van der Waals surface area (Å²) < 4.78 is 2.21. The van der Waals surface area contributed by atoms with E-state index >= 15 is 0 Å². The van der Waals surface area contributed by atoms with Crippen LogP contribution in [0.25, 0.3) is 4.96 Å². The van der Waals surface area contributed by atoms with Crippen molar-refractivity contribution in [2.75, 3.05) is 30.8 Å². The number of anilines is 1. The van der Waals surface area contributed by atoms with Gasteiger partial charge in [0.2, 0.25) is 0 Å². The average Bonchev–Trinajstić information content (AvgIpc) is 2.92. The van der Waals surface area contributed by atoms with Crippen LogP contribution in [0.4, 0.5) is 5.82 Å². The molecule has 1 N–H and O–H groups in total. The van der Waals surface area contributed by atoms with E-state index in [1.54, 1.807) is 11.3 Å². The summed E-state index contributed by atoms with van der Waals surface area (Å²) in [6.45, 7) is 5.38. The number of rotatable bonds is 3. The molecule has 1 unspecified atom stereocenters. The van der Waals surface area contributed by atoms with Crippen molar-refractivity contribution in [3.8, 4) is 0 Å². The number of nitrogens with one attached hydrogen (secondary N) is 1. The first-order chi connectivity index (χ1) is 8.79. The third-order valence-electron chi connectivity index (χ3n) is 3.22. The number of nitrogens with zero attached hydrogens (tertiary/aromatic N) is 3. The van der Waals surface area contributed by atoms with Gasteiger partial charge in [0.25, 0.3) is 0 Å². The number of aromatic nitrogens is 2. The summed E-state index contributed by atoms with van der Waals surface area (Å²) in [5, 5.41) is 6.05. The summed E-state index contributed by atoms with van der Waals surface area (Å²) >= 11 is 3.76. The number of hydrogen-bond donors (Lipinski definition) is 1. The molecule has 0 aliphatic carbocycles. The monoisotopic (exact) mass is 282 g/mol. The van der Waals surface area contributed by atoms with Gasteiger partial charge in [-0.05, 0) is 7.05 Å². The molecule has 3 rings (SSSR count). The van der Waals surface area contributed by atoms with Gasteiger partial charge in [-0.25, -0.2) is 4.98 Å². The van der Waals surface area contributed by atoms with E-state index in [4.69, 9.17) is 4.98 Å². The van der Waals surface area contributed by atoms with Crippen LogP contribution in [0.5, 0.6) is 0 Å². The molecule has 0 saturated carbocycles. The van der Waals surface area contributed by atoms with E-state index in [1.165, 1.54) is 17.3 Å². The van der Waals surface area contributed by atoms with E-state index in [-0.39, 0.29) is 0 Å². The summed E-state index contributed by atoms with van der Waals surface area (Å²) in [6.07, 6.45) is 2.12. The molecule has 6 heteroatoms. The van der Waals surface area contributed by atoms with Gasteiger partial charge in [-0.15, -0.1) is 11.3 Å². The largest absolute Gasteiger partial charge is 0.353 e. The lowest BCUT2D eigenvalue weighted by Crippen LogP contribution is -2.37. The van der Waals surface area contributed by atoms with Gasteiger partial charge >= 0.3 is 0 Å². The third kappa shape index (κ3) is 2.13. The molecule has 1 fully saturated rings. The van der Waals surface area contributed by atoms with Crippen LogP contribution in [-0.4, -0.2) is 40.5 Å². The van der Waals surface area contributed by atoms with Gasteiger partial charge in [0.1, 0.15) is 0 Å². The Bertz CT molecular complexity index is 533. The predicted molar refractivity (Wildman–Crippen MR) is 80.0 cm³/mol. The second-order valence-electron chi connectivity index (χ2n) is 4.60. The Morgan fingerprint density at radius 2 is 2.44 bits per heavy atom. The fourth-order valence-electron chi connectivity index (χ4n) is 2.42. The lowest BCUT2D eigenvalue weighted by Gasteiger charge is -2.31. The van der Waals surface area contributed by atoms with E-state index < -0.39 is 0 Å². The van der Waals surface area contributed by atoms with Crippen LogP contribution in [0.1, 0.15) is 12.6 Å². The van der Waals surface area contributed by atoms with E-state index in [0.29, 0.717) is 5.25 Å². The summed E-state index contributed by atoms with van der Waals surface area (Å²) in [4.78, 5) is 8.34. The molecule has 0 spiro atoms. The van der Waals surface area contributed by atoms with Crippen molar-refractivity contribution in [2.24, 2.45) is 0 Å². The predicted octanol–water partition coefficient (Wildman–Crippen LogP) is 2.06. The molecule has 4 nitrogen and oxygen atoms in total. The van der Waals surface area contributed by atoms with Crippen LogP contribution >= 0.6 is 23.1 Å². The molecule has 1 aliphatic heterocycles. The number of hydrogen-bond acceptors (Lipinski definition) is 5. The number of thiazole rings is 1. The first kappa shape index (κ1) is 12.3. The zero-order valence-electron chi connectivity index (χ0n) is 10.7. The molecule has 1 atom stereocenters. The first-order valence-electron chi connectivity index (χ1n) is 6.25. The molecule has 1 aliphatic rings. The highest BCUT2D eigenvalue weighted by Crippen LogP contribution is 2.28. The zero-order chi connectivity index (χ0) is 12.5. The number of fused-ring (bicyclic) bond motifs is 1. The van der Waals surface area contributed by atoms with Crippen molar-refractivity contribution in [3.05, 3.63) is 17.3 Å². The maximum absolute atomic E-state index is 4.81. The summed E-state index contributed by atoms with van der Waals surface area (Å²) in [5.74, 6) is 2.37. The molecule has 0 radical (unpaired) electrons. The Morgan fingerprint density at radius 3 is 3.22 bits per heavy atom. The van der Waals surface area contributed by atoms with Gasteiger partial charge in [0.15, 0.2) is 10.8 Å². The lowest BCUT2D eigenvalue weighted by atomic mass is 10.3. The van der Waals surface area contributed by atoms with Crippen LogP contribution in [0.2, 0.25) is 0 Å². The Labute approximate surface area is 115 Å². The molecule has 0 amide bonds. The topological polar surface area (TPSA) is 32.6 Å². The summed E-state index contributed by atoms with van der Waals surface area (Å²) in [5.41, 5.74) is 1.29. The molecular formula is C12H18N4S2. The van der Waals surface area contributed by atoms with Crippen LogP contribution < -0.4 is 10.2 Å². The Hall–Kier alpha value is -0.720. The smallest absolute Gasteiger partial charge is 0.195 e. The molecule has 98 valence electrons. The quantitative estimate of drug-likeness (QED) is 0.934. The fourth-order valence-corrected chi connectivity index (χ4v) is 4.16. The van der Waals surface area contributed by atoms with E-state index in [2.05, 4.69) is 44.9 Å². The Balaban J connectivity index is 1.98. The second kappa shape index (κ2) is 5.11. The summed E-state index contributed by atoms with van der Waals surface area (Å²) in [7, 11) is 1.99. The maximum Gasteiger partial charge on any atom is 0.195 e. The highest BCUT2D eigenvalue weighted by Gasteiger charge is 2.23. The molecule has 2 aromatic rings. The molecule has 1 saturated heterocycles. The zero-order valence-corrected chi connectivity index (χ0v) is 12.4. The van der Waals surface area contributed by atoms with Gasteiger partial charge in [-0.1, -0.05) is 6.92 Å². The normalized spacial score (nSPS) is 20.8. The Morgan fingerprint density at radius 1 is 1.56 bits per heavy atom. The number of thioether (sulfide) groups is 1. The fraction of sp³-hybridized carbons (Fsp3) is 0.583. The van der Waals surface area contributed by atoms with Crippen LogP contribution in [0.15, 0.2) is 11.6 Å². The van der Waals surface area contributed by atoms with Crippen molar-refractivity contribution in [1.82, 2.24) is 14.7 Å². The van der Waals surface area contributed by atoms with Crippen molar-refractivity contribution >= 4 is 33.9 Å². The average molecular weight is 282 g/mol. The molecule has 2 aromatic heterocycles. The van der Waals surface area contributed by atoms with Gasteiger partial charge in [0, 0.05) is 42.2 Å². The second-order valence-corrected chi connectivity index (χ2v) is 7.01. The van der Waals surface area contributed by atoms with Crippen molar-refractivity contribution in [1.29, 1.82) is 0 Å². The first-order valence-corrected chi connectivity index (χ1v) is 8.18. The van der Waals surface area contributed by atoms with E-state index in [1.807, 2.05) is 7.05 Å². The van der Waals surface area contributed by atoms with E-state index in [9.17, 15) is 0 Å². The SMILES string of the molecule is CNCc1c(N2CCSC(C)C2)nc2sccn12. The van der Waals surface area contributed by atoms with Crippen LogP contribution in [-0.2, 0) is 6.54 Å². The minimum Gasteiger partial charge on any atom is -0.353 e. The highest BCUT2D eigenvalue weighted by atomic mass is 32.2. The molecule has 18 heavy (non-hydrogen) atoms. The van der Waals surface area contributed by atoms with Gasteiger partial charge in [0.05, 0.1) is 5.69 Å². The molecular weight excluding hydrogens is 264 g/mol. The minimum absolute atomic E-state index is 0.695. The van der Waals surface area contributed by atoms with Gasteiger partial charge < -0.3 is 10.2 Å². The lowest BCUT2D eigenvalue weighted by molar-refractivity contribution is 0.741. The minimum atomic E-state index is 0.695. The molecule has 0 bridgehead atoms. The molecule has 0 aromatic carbocycles. The van der Waals surface area contributed by atoms with Crippen molar-refractivity contribution in [2.45, 2.75) is 18.7 Å². The number of imidazole rings is 1. The van der Waals surface area contributed by atoms with E-state index in [0.717, 1.165) is 24.6 Å². The highest BCUT2D eigenvalue weighted by molar-refractivity contribution is 8.00. The van der Waals surface area contributed by atoms with Gasteiger partial charge in [-0.3, -0.25) is 4.40 Å². The summed E-state index contributed by atoms with van der Waals surface area (Å²) in [6, 6.07) is 0. The maximum atomic E-state index is 4.81. The van der Waals surface area contributed by atoms with Crippen LogP contribution in [0, 0.1) is 0 Å².